The lowest BCUT2D eigenvalue weighted by Gasteiger charge is -2.24. The number of nitrogens with one attached hydrogen (secondary N) is 1. The van der Waals surface area contributed by atoms with Gasteiger partial charge in [0.15, 0.2) is 0 Å². The van der Waals surface area contributed by atoms with Crippen LogP contribution in [0.25, 0.3) is 5.70 Å². The lowest BCUT2D eigenvalue weighted by atomic mass is 10.0. The van der Waals surface area contributed by atoms with Gasteiger partial charge in [-0.05, 0) is 41.5 Å². The Morgan fingerprint density at radius 2 is 2.04 bits per heavy atom. The van der Waals surface area contributed by atoms with Crippen molar-refractivity contribution in [3.8, 4) is 5.75 Å². The standard InChI is InChI=1S/C18H15BrN4O/c1-24-15-7-3-5-13(9-15)17-10-16(12-4-2-6-14(19)8-12)22-18-20-11-21-23(17)18/h2-11,17H,1H3,(H,20,21,22)/t17-/m0/s1. The maximum atomic E-state index is 5.35. The maximum absolute atomic E-state index is 5.35. The SMILES string of the molecule is COc1cccc([C@@H]2C=C(c3cccc(Br)c3)Nc3ncnn32)c1. The van der Waals surface area contributed by atoms with Crippen LogP contribution in [-0.4, -0.2) is 21.9 Å². The molecular formula is C18H15BrN4O. The minimum atomic E-state index is -0.0483. The van der Waals surface area contributed by atoms with E-state index in [0.29, 0.717) is 0 Å². The highest BCUT2D eigenvalue weighted by Crippen LogP contribution is 2.33. The predicted molar refractivity (Wildman–Crippen MR) is 96.9 cm³/mol. The molecule has 1 aliphatic rings. The van der Waals surface area contributed by atoms with Gasteiger partial charge in [-0.25, -0.2) is 4.68 Å². The number of anilines is 1. The van der Waals surface area contributed by atoms with Crippen molar-refractivity contribution in [3.63, 3.8) is 0 Å². The lowest BCUT2D eigenvalue weighted by Crippen LogP contribution is -2.20. The number of fused-ring (bicyclic) bond motifs is 1. The molecule has 0 bridgehead atoms. The largest absolute Gasteiger partial charge is 0.497 e. The van der Waals surface area contributed by atoms with Crippen LogP contribution in [0, 0.1) is 0 Å². The molecule has 0 amide bonds. The zero-order valence-electron chi connectivity index (χ0n) is 13.0. The van der Waals surface area contributed by atoms with Crippen LogP contribution in [0.15, 0.2) is 65.4 Å². The highest BCUT2D eigenvalue weighted by Gasteiger charge is 2.23. The summed E-state index contributed by atoms with van der Waals surface area (Å²) in [5.74, 6) is 1.55. The maximum Gasteiger partial charge on any atom is 0.226 e. The molecule has 1 aromatic heterocycles. The van der Waals surface area contributed by atoms with E-state index in [0.717, 1.165) is 33.0 Å². The van der Waals surface area contributed by atoms with Gasteiger partial charge in [0.2, 0.25) is 5.95 Å². The number of nitrogens with zero attached hydrogens (tertiary/aromatic N) is 3. The van der Waals surface area contributed by atoms with Crippen molar-refractivity contribution in [1.29, 1.82) is 0 Å². The molecule has 0 unspecified atom stereocenters. The molecule has 1 N–H and O–H groups in total. The summed E-state index contributed by atoms with van der Waals surface area (Å²) in [6, 6.07) is 16.1. The van der Waals surface area contributed by atoms with Gasteiger partial charge in [-0.1, -0.05) is 40.2 Å². The minimum absolute atomic E-state index is 0.0483. The number of rotatable bonds is 3. The van der Waals surface area contributed by atoms with Crippen molar-refractivity contribution in [2.24, 2.45) is 0 Å². The third-order valence-corrected chi connectivity index (χ3v) is 4.47. The van der Waals surface area contributed by atoms with Gasteiger partial charge in [0.05, 0.1) is 7.11 Å². The minimum Gasteiger partial charge on any atom is -0.497 e. The Balaban J connectivity index is 1.82. The van der Waals surface area contributed by atoms with Crippen LogP contribution in [0.4, 0.5) is 5.95 Å². The van der Waals surface area contributed by atoms with E-state index in [1.165, 1.54) is 0 Å². The van der Waals surface area contributed by atoms with E-state index < -0.39 is 0 Å². The quantitative estimate of drug-likeness (QED) is 0.740. The molecule has 0 spiro atoms. The molecule has 3 aromatic rings. The van der Waals surface area contributed by atoms with E-state index in [9.17, 15) is 0 Å². The van der Waals surface area contributed by atoms with E-state index in [2.05, 4.69) is 55.6 Å². The molecule has 2 aromatic carbocycles. The van der Waals surface area contributed by atoms with Crippen molar-refractivity contribution in [1.82, 2.24) is 14.8 Å². The van der Waals surface area contributed by atoms with Gasteiger partial charge in [-0.15, -0.1) is 0 Å². The molecule has 2 heterocycles. The van der Waals surface area contributed by atoms with Crippen molar-refractivity contribution in [2.75, 3.05) is 12.4 Å². The van der Waals surface area contributed by atoms with Gasteiger partial charge in [-0.3, -0.25) is 0 Å². The molecule has 0 fully saturated rings. The molecule has 4 rings (SSSR count). The normalized spacial score (nSPS) is 16.1. The Bertz CT molecular complexity index is 919. The summed E-state index contributed by atoms with van der Waals surface area (Å²) in [6.45, 7) is 0. The Morgan fingerprint density at radius 3 is 2.88 bits per heavy atom. The first-order chi connectivity index (χ1) is 11.7. The summed E-state index contributed by atoms with van der Waals surface area (Å²) in [5, 5.41) is 7.71. The van der Waals surface area contributed by atoms with Crippen LogP contribution in [0.5, 0.6) is 5.75 Å². The summed E-state index contributed by atoms with van der Waals surface area (Å²) in [7, 11) is 1.67. The average Bonchev–Trinajstić information content (AvgIpc) is 3.09. The fourth-order valence-electron chi connectivity index (χ4n) is 2.82. The van der Waals surface area contributed by atoms with Crippen LogP contribution in [0.1, 0.15) is 17.2 Å². The van der Waals surface area contributed by atoms with Gasteiger partial charge in [0.1, 0.15) is 18.1 Å². The first-order valence-electron chi connectivity index (χ1n) is 7.53. The number of aromatic nitrogens is 3. The Morgan fingerprint density at radius 1 is 1.17 bits per heavy atom. The van der Waals surface area contributed by atoms with Gasteiger partial charge in [0.25, 0.3) is 0 Å². The van der Waals surface area contributed by atoms with E-state index in [1.54, 1.807) is 13.4 Å². The van der Waals surface area contributed by atoms with E-state index in [-0.39, 0.29) is 6.04 Å². The summed E-state index contributed by atoms with van der Waals surface area (Å²) in [5.41, 5.74) is 3.19. The molecule has 0 radical (unpaired) electrons. The molecular weight excluding hydrogens is 368 g/mol. The zero-order valence-corrected chi connectivity index (χ0v) is 14.6. The van der Waals surface area contributed by atoms with Crippen LogP contribution in [0.3, 0.4) is 0 Å². The Labute approximate surface area is 148 Å². The van der Waals surface area contributed by atoms with E-state index >= 15 is 0 Å². The molecule has 1 aliphatic heterocycles. The van der Waals surface area contributed by atoms with Crippen molar-refractivity contribution < 1.29 is 4.74 Å². The predicted octanol–water partition coefficient (Wildman–Crippen LogP) is 4.11. The number of benzene rings is 2. The fraction of sp³-hybridized carbons (Fsp3) is 0.111. The van der Waals surface area contributed by atoms with E-state index in [1.807, 2.05) is 35.0 Å². The molecule has 0 saturated carbocycles. The summed E-state index contributed by atoms with van der Waals surface area (Å²) in [6.07, 6.45) is 3.71. The monoisotopic (exact) mass is 382 g/mol. The van der Waals surface area contributed by atoms with Crippen LogP contribution in [-0.2, 0) is 0 Å². The van der Waals surface area contributed by atoms with Crippen LogP contribution in [0.2, 0.25) is 0 Å². The molecule has 24 heavy (non-hydrogen) atoms. The highest BCUT2D eigenvalue weighted by molar-refractivity contribution is 9.10. The van der Waals surface area contributed by atoms with Gasteiger partial charge < -0.3 is 10.1 Å². The molecule has 0 saturated heterocycles. The van der Waals surface area contributed by atoms with Gasteiger partial charge in [0, 0.05) is 10.2 Å². The number of halogens is 1. The Hall–Kier alpha value is -2.60. The topological polar surface area (TPSA) is 52.0 Å². The van der Waals surface area contributed by atoms with Crippen LogP contribution >= 0.6 is 15.9 Å². The third-order valence-electron chi connectivity index (χ3n) is 3.98. The second-order valence-electron chi connectivity index (χ2n) is 5.47. The van der Waals surface area contributed by atoms with Crippen molar-refractivity contribution in [2.45, 2.75) is 6.04 Å². The average molecular weight is 383 g/mol. The highest BCUT2D eigenvalue weighted by atomic mass is 79.9. The lowest BCUT2D eigenvalue weighted by molar-refractivity contribution is 0.413. The number of ether oxygens (including phenoxy) is 1. The fourth-order valence-corrected chi connectivity index (χ4v) is 3.22. The molecule has 120 valence electrons. The zero-order chi connectivity index (χ0) is 16.5. The van der Waals surface area contributed by atoms with E-state index in [4.69, 9.17) is 4.74 Å². The van der Waals surface area contributed by atoms with Gasteiger partial charge in [-0.2, -0.15) is 10.1 Å². The molecule has 6 heteroatoms. The van der Waals surface area contributed by atoms with Gasteiger partial charge >= 0.3 is 0 Å². The number of hydrogen-bond acceptors (Lipinski definition) is 4. The second kappa shape index (κ2) is 6.13. The first-order valence-corrected chi connectivity index (χ1v) is 8.32. The number of methoxy groups -OCH3 is 1. The summed E-state index contributed by atoms with van der Waals surface area (Å²) >= 11 is 3.53. The third kappa shape index (κ3) is 2.69. The molecule has 5 nitrogen and oxygen atoms in total. The smallest absolute Gasteiger partial charge is 0.226 e. The molecule has 1 atom stereocenters. The molecule has 0 aliphatic carbocycles. The number of allylic oxidation sites excluding steroid dienone is 1. The van der Waals surface area contributed by atoms with Crippen molar-refractivity contribution >= 4 is 27.6 Å². The van der Waals surface area contributed by atoms with Crippen LogP contribution < -0.4 is 10.1 Å². The first kappa shape index (κ1) is 15.0. The second-order valence-corrected chi connectivity index (χ2v) is 6.38. The summed E-state index contributed by atoms with van der Waals surface area (Å²) in [4.78, 5) is 4.33. The number of hydrogen-bond donors (Lipinski definition) is 1. The summed E-state index contributed by atoms with van der Waals surface area (Å²) < 4.78 is 8.26. The Kier molecular flexibility index (Phi) is 3.82. The van der Waals surface area contributed by atoms with Crippen molar-refractivity contribution in [3.05, 3.63) is 76.5 Å².